The third kappa shape index (κ3) is 3.69. The highest BCUT2D eigenvalue weighted by Gasteiger charge is 2.27. The van der Waals surface area contributed by atoms with E-state index in [-0.39, 0.29) is 22.8 Å². The molecule has 0 saturated heterocycles. The zero-order valence-corrected chi connectivity index (χ0v) is 11.8. The number of methoxy groups -OCH3 is 1. The molecule has 1 aromatic carbocycles. The number of hydrogen-bond acceptors (Lipinski definition) is 6. The van der Waals surface area contributed by atoms with E-state index in [0.29, 0.717) is 0 Å². The van der Waals surface area contributed by atoms with Crippen LogP contribution < -0.4 is 0 Å². The van der Waals surface area contributed by atoms with Gasteiger partial charge >= 0.3 is 11.9 Å². The molecule has 2 atom stereocenters. The molecule has 20 heavy (non-hydrogen) atoms. The highest BCUT2D eigenvalue weighted by molar-refractivity contribution is 6.33. The maximum absolute atomic E-state index is 11.4. The highest BCUT2D eigenvalue weighted by atomic mass is 35.5. The van der Waals surface area contributed by atoms with Crippen LogP contribution in [0.25, 0.3) is 0 Å². The van der Waals surface area contributed by atoms with Crippen molar-refractivity contribution in [2.75, 3.05) is 13.7 Å². The Hall–Kier alpha value is -1.63. The summed E-state index contributed by atoms with van der Waals surface area (Å²) in [5.74, 6) is -1.56. The molecule has 0 radical (unpaired) electrons. The first kappa shape index (κ1) is 16.4. The Balaban J connectivity index is 2.95. The van der Waals surface area contributed by atoms with E-state index in [9.17, 15) is 19.8 Å². The lowest BCUT2D eigenvalue weighted by Gasteiger charge is -2.17. The molecule has 0 heterocycles. The van der Waals surface area contributed by atoms with Crippen LogP contribution in [-0.2, 0) is 14.3 Å². The highest BCUT2D eigenvalue weighted by Crippen LogP contribution is 2.25. The monoisotopic (exact) mass is 302 g/mol. The van der Waals surface area contributed by atoms with Crippen LogP contribution >= 0.6 is 11.6 Å². The third-order valence-electron chi connectivity index (χ3n) is 2.57. The maximum atomic E-state index is 11.4. The van der Waals surface area contributed by atoms with Crippen LogP contribution in [0.1, 0.15) is 28.9 Å². The molecule has 0 spiro atoms. The van der Waals surface area contributed by atoms with Gasteiger partial charge in [0.25, 0.3) is 0 Å². The first-order valence-electron chi connectivity index (χ1n) is 5.82. The van der Waals surface area contributed by atoms with Gasteiger partial charge in [0.1, 0.15) is 6.10 Å². The molecule has 6 nitrogen and oxygen atoms in total. The second-order valence-electron chi connectivity index (χ2n) is 3.87. The van der Waals surface area contributed by atoms with E-state index in [0.717, 1.165) is 0 Å². The lowest BCUT2D eigenvalue weighted by molar-refractivity contribution is -0.159. The van der Waals surface area contributed by atoms with Crippen molar-refractivity contribution in [1.29, 1.82) is 0 Å². The molecule has 0 saturated carbocycles. The van der Waals surface area contributed by atoms with Crippen molar-refractivity contribution in [2.45, 2.75) is 19.1 Å². The summed E-state index contributed by atoms with van der Waals surface area (Å²) in [6.07, 6.45) is -3.23. The van der Waals surface area contributed by atoms with Crippen molar-refractivity contribution in [3.63, 3.8) is 0 Å². The third-order valence-corrected chi connectivity index (χ3v) is 2.88. The van der Waals surface area contributed by atoms with Crippen molar-refractivity contribution in [3.8, 4) is 0 Å². The van der Waals surface area contributed by atoms with Crippen LogP contribution in [0.15, 0.2) is 18.2 Å². The zero-order chi connectivity index (χ0) is 15.3. The zero-order valence-electron chi connectivity index (χ0n) is 11.0. The Labute approximate surface area is 120 Å². The van der Waals surface area contributed by atoms with Crippen LogP contribution in [0.4, 0.5) is 0 Å². The molecule has 110 valence electrons. The molecule has 0 bridgehead atoms. The standard InChI is InChI=1S/C13H15ClO6/c1-3-20-13(18)11(16)10(15)7-4-5-8(9(14)6-7)12(17)19-2/h4-6,10-11,15-16H,3H2,1-2H3. The van der Waals surface area contributed by atoms with Crippen molar-refractivity contribution in [3.05, 3.63) is 34.3 Å². The molecular weight excluding hydrogens is 288 g/mol. The van der Waals surface area contributed by atoms with Gasteiger partial charge in [0.2, 0.25) is 0 Å². The summed E-state index contributed by atoms with van der Waals surface area (Å²) in [7, 11) is 1.21. The predicted molar refractivity (Wildman–Crippen MR) is 70.4 cm³/mol. The molecule has 0 amide bonds. The number of halogens is 1. The Morgan fingerprint density at radius 3 is 2.50 bits per heavy atom. The van der Waals surface area contributed by atoms with E-state index in [1.165, 1.54) is 25.3 Å². The first-order valence-corrected chi connectivity index (χ1v) is 6.20. The van der Waals surface area contributed by atoms with Crippen molar-refractivity contribution >= 4 is 23.5 Å². The fraction of sp³-hybridized carbons (Fsp3) is 0.385. The Bertz CT molecular complexity index is 502. The second kappa shape index (κ2) is 7.23. The molecule has 2 unspecified atom stereocenters. The molecule has 0 aliphatic rings. The number of rotatable bonds is 5. The molecule has 2 N–H and O–H groups in total. The van der Waals surface area contributed by atoms with E-state index < -0.39 is 24.1 Å². The Kier molecular flexibility index (Phi) is 5.94. The largest absolute Gasteiger partial charge is 0.465 e. The average Bonchev–Trinajstić information content (AvgIpc) is 2.45. The number of ether oxygens (including phenoxy) is 2. The van der Waals surface area contributed by atoms with Gasteiger partial charge in [0, 0.05) is 0 Å². The number of benzene rings is 1. The molecule has 1 aromatic rings. The van der Waals surface area contributed by atoms with Gasteiger partial charge in [-0.15, -0.1) is 0 Å². The van der Waals surface area contributed by atoms with Gasteiger partial charge in [-0.1, -0.05) is 17.7 Å². The molecule has 0 aromatic heterocycles. The lowest BCUT2D eigenvalue weighted by Crippen LogP contribution is -2.29. The molecule has 0 aliphatic heterocycles. The van der Waals surface area contributed by atoms with Gasteiger partial charge in [0.05, 0.1) is 24.3 Å². The molecule has 1 rings (SSSR count). The SMILES string of the molecule is CCOC(=O)C(O)C(O)c1ccc(C(=O)OC)c(Cl)c1. The summed E-state index contributed by atoms with van der Waals surface area (Å²) in [5, 5.41) is 19.5. The van der Waals surface area contributed by atoms with Gasteiger partial charge in [-0.2, -0.15) is 0 Å². The smallest absolute Gasteiger partial charge is 0.339 e. The number of aliphatic hydroxyl groups is 2. The predicted octanol–water partition coefficient (Wildman–Crippen LogP) is 1.08. The van der Waals surface area contributed by atoms with Gasteiger partial charge in [-0.05, 0) is 24.6 Å². The minimum atomic E-state index is -1.73. The van der Waals surface area contributed by atoms with Crippen LogP contribution in [-0.4, -0.2) is 42.0 Å². The summed E-state index contributed by atoms with van der Waals surface area (Å²) in [6.45, 7) is 1.67. The van der Waals surface area contributed by atoms with Crippen molar-refractivity contribution in [1.82, 2.24) is 0 Å². The molecule has 0 aliphatic carbocycles. The normalized spacial score (nSPS) is 13.4. The van der Waals surface area contributed by atoms with Crippen molar-refractivity contribution in [2.24, 2.45) is 0 Å². The van der Waals surface area contributed by atoms with E-state index in [1.54, 1.807) is 6.92 Å². The van der Waals surface area contributed by atoms with E-state index >= 15 is 0 Å². The van der Waals surface area contributed by atoms with Crippen LogP contribution in [0.5, 0.6) is 0 Å². The van der Waals surface area contributed by atoms with Crippen molar-refractivity contribution < 1.29 is 29.3 Å². The Morgan fingerprint density at radius 2 is 2.00 bits per heavy atom. The van der Waals surface area contributed by atoms with E-state index in [4.69, 9.17) is 11.6 Å². The number of aliphatic hydroxyl groups excluding tert-OH is 2. The van der Waals surface area contributed by atoms with Gasteiger partial charge in [0.15, 0.2) is 6.10 Å². The summed E-state index contributed by atoms with van der Waals surface area (Å²) in [6, 6.07) is 3.98. The number of hydrogen-bond donors (Lipinski definition) is 2. The van der Waals surface area contributed by atoms with Crippen LogP contribution in [0.2, 0.25) is 5.02 Å². The van der Waals surface area contributed by atoms with Gasteiger partial charge < -0.3 is 19.7 Å². The fourth-order valence-electron chi connectivity index (χ4n) is 1.53. The average molecular weight is 303 g/mol. The molecule has 0 fully saturated rings. The summed E-state index contributed by atoms with van der Waals surface area (Å²) >= 11 is 5.88. The summed E-state index contributed by atoms with van der Waals surface area (Å²) in [4.78, 5) is 22.7. The first-order chi connectivity index (χ1) is 9.42. The quantitative estimate of drug-likeness (QED) is 0.791. The number of carbonyl (C=O) groups is 2. The minimum Gasteiger partial charge on any atom is -0.465 e. The minimum absolute atomic E-state index is 0.0458. The van der Waals surface area contributed by atoms with E-state index in [1.807, 2.05) is 0 Å². The molecule has 7 heteroatoms. The van der Waals surface area contributed by atoms with Crippen LogP contribution in [0, 0.1) is 0 Å². The number of esters is 2. The number of carbonyl (C=O) groups excluding carboxylic acids is 2. The van der Waals surface area contributed by atoms with Gasteiger partial charge in [-0.3, -0.25) is 0 Å². The Morgan fingerprint density at radius 1 is 1.35 bits per heavy atom. The second-order valence-corrected chi connectivity index (χ2v) is 4.28. The molecular formula is C13H15ClO6. The topological polar surface area (TPSA) is 93.1 Å². The fourth-order valence-corrected chi connectivity index (χ4v) is 1.80. The summed E-state index contributed by atoms with van der Waals surface area (Å²) in [5.41, 5.74) is 0.305. The van der Waals surface area contributed by atoms with Crippen LogP contribution in [0.3, 0.4) is 0 Å². The van der Waals surface area contributed by atoms with E-state index in [2.05, 4.69) is 9.47 Å². The lowest BCUT2D eigenvalue weighted by atomic mass is 10.0. The maximum Gasteiger partial charge on any atom is 0.339 e. The summed E-state index contributed by atoms with van der Waals surface area (Å²) < 4.78 is 9.13. The van der Waals surface area contributed by atoms with Gasteiger partial charge in [-0.25, -0.2) is 9.59 Å².